The number of rotatable bonds is 1. The number of nitrogens with two attached hydrogens (primary N) is 1. The number of carbonyl (C=O) groups excluding carboxylic acids is 1. The Kier molecular flexibility index (Phi) is 22.8. The van der Waals surface area contributed by atoms with E-state index in [1.807, 2.05) is 39.0 Å². The summed E-state index contributed by atoms with van der Waals surface area (Å²) >= 11 is 5.01. The van der Waals surface area contributed by atoms with E-state index in [2.05, 4.69) is 28.9 Å². The van der Waals surface area contributed by atoms with Gasteiger partial charge in [-0.05, 0) is 51.4 Å². The average molecular weight is 387 g/mol. The molecule has 0 fully saturated rings. The summed E-state index contributed by atoms with van der Waals surface area (Å²) < 4.78 is 4.61. The van der Waals surface area contributed by atoms with Crippen LogP contribution in [0.2, 0.25) is 0 Å². The number of benzene rings is 1. The summed E-state index contributed by atoms with van der Waals surface area (Å²) in [4.78, 5) is 10.2. The number of carbonyl (C=O) groups is 1. The predicted molar refractivity (Wildman–Crippen MR) is 96.3 cm³/mol. The Hall–Kier alpha value is -0.370. The number of furan rings is 1. The third kappa shape index (κ3) is 19.7. The quantitative estimate of drug-likeness (QED) is 0.331. The van der Waals surface area contributed by atoms with Gasteiger partial charge < -0.3 is 9.89 Å². The number of aryl methyl sites for hydroxylation is 1. The van der Waals surface area contributed by atoms with Crippen LogP contribution in [-0.2, 0) is 0 Å². The van der Waals surface area contributed by atoms with Crippen LogP contribution in [-0.4, -0.2) is 16.3 Å². The Labute approximate surface area is 177 Å². The van der Waals surface area contributed by atoms with Gasteiger partial charge in [0.1, 0.15) is 0 Å². The van der Waals surface area contributed by atoms with Crippen LogP contribution in [0.3, 0.4) is 0 Å². The van der Waals surface area contributed by atoms with Crippen LogP contribution in [0.15, 0.2) is 53.1 Å². The number of hydrogen-bond donors (Lipinski definition) is 2. The molecule has 1 aromatic carbocycles. The largest absolute Gasteiger partial charge is 1.00 e. The molecular weight excluding hydrogens is 362 g/mol. The molecule has 0 radical (unpaired) electrons. The van der Waals surface area contributed by atoms with E-state index in [0.717, 1.165) is 0 Å². The van der Waals surface area contributed by atoms with Gasteiger partial charge in [-0.3, -0.25) is 16.1 Å². The Morgan fingerprint density at radius 1 is 1.12 bits per heavy atom. The van der Waals surface area contributed by atoms with Crippen molar-refractivity contribution in [1.29, 1.82) is 0 Å². The number of halogens is 2. The first-order chi connectivity index (χ1) is 9.76. The van der Waals surface area contributed by atoms with Gasteiger partial charge in [-0.2, -0.15) is 0 Å². The second-order valence-electron chi connectivity index (χ2n) is 5.30. The van der Waals surface area contributed by atoms with Crippen LogP contribution < -0.4 is 40.8 Å². The molecule has 0 unspecified atom stereocenters. The molecule has 1 aromatic heterocycles. The van der Waals surface area contributed by atoms with E-state index in [0.29, 0.717) is 0 Å². The summed E-state index contributed by atoms with van der Waals surface area (Å²) in [5.41, 5.74) is 4.00. The summed E-state index contributed by atoms with van der Waals surface area (Å²) in [6.45, 7) is 8.10. The van der Waals surface area contributed by atoms with Crippen LogP contribution in [0.5, 0.6) is 0 Å². The first-order valence-corrected chi connectivity index (χ1v) is 6.87. The summed E-state index contributed by atoms with van der Waals surface area (Å²) in [7, 11) is 0. The standard InChI is InChI=1S/C7H8.C5H3ClO2.C4H12N2.ClH.Na.H2O/c1-7-5-3-2-4-6-7;6-5(7)4-2-1-3-8-4;1-4(2,3)6-5;;;/h2-6H,1H3;1-3H;6H,5H2,1-3H3;1H;;1H2/q;;;;+1;/p-1. The molecule has 4 N–H and O–H groups in total. The van der Waals surface area contributed by atoms with Crippen molar-refractivity contribution in [2.75, 3.05) is 0 Å². The van der Waals surface area contributed by atoms with Crippen molar-refractivity contribution in [3.8, 4) is 0 Å². The smallest absolute Gasteiger partial charge is 0.870 e. The first-order valence-electron chi connectivity index (χ1n) is 6.49. The van der Waals surface area contributed by atoms with Gasteiger partial charge in [0.05, 0.1) is 6.26 Å². The third-order valence-corrected chi connectivity index (χ3v) is 2.27. The van der Waals surface area contributed by atoms with Gasteiger partial charge in [-0.1, -0.05) is 35.9 Å². The van der Waals surface area contributed by atoms with Gasteiger partial charge in [0.15, 0.2) is 5.76 Å². The van der Waals surface area contributed by atoms with Crippen LogP contribution in [0.25, 0.3) is 0 Å². The Bertz CT molecular complexity index is 504. The van der Waals surface area contributed by atoms with Gasteiger partial charge >= 0.3 is 29.6 Å². The molecule has 0 aliphatic rings. The average Bonchev–Trinajstić information content (AvgIpc) is 2.94. The fourth-order valence-corrected chi connectivity index (χ4v) is 1.03. The zero-order valence-electron chi connectivity index (χ0n) is 14.7. The maximum absolute atomic E-state index is 10.2. The molecule has 0 spiro atoms. The Morgan fingerprint density at radius 2 is 1.58 bits per heavy atom. The zero-order valence-corrected chi connectivity index (χ0v) is 18.3. The van der Waals surface area contributed by atoms with E-state index in [1.165, 1.54) is 17.9 Å². The third-order valence-electron chi connectivity index (χ3n) is 2.09. The van der Waals surface area contributed by atoms with Crippen molar-refractivity contribution in [2.45, 2.75) is 33.2 Å². The van der Waals surface area contributed by atoms with Crippen molar-refractivity contribution in [3.05, 3.63) is 60.1 Å². The molecule has 0 atom stereocenters. The monoisotopic (exact) mass is 386 g/mol. The van der Waals surface area contributed by atoms with Gasteiger partial charge in [0.25, 0.3) is 5.24 Å². The van der Waals surface area contributed by atoms with Gasteiger partial charge in [-0.25, -0.2) is 0 Å². The number of nitrogens with one attached hydrogen (secondary N) is 1. The maximum atomic E-state index is 10.2. The van der Waals surface area contributed by atoms with E-state index in [1.54, 1.807) is 6.07 Å². The molecule has 0 saturated heterocycles. The first kappa shape index (κ1) is 31.4. The molecule has 0 bridgehead atoms. The van der Waals surface area contributed by atoms with Gasteiger partial charge in [0, 0.05) is 5.54 Å². The maximum Gasteiger partial charge on any atom is 1.00 e. The molecular formula is C16H25Cl2N2NaO3. The molecule has 132 valence electrons. The molecule has 24 heavy (non-hydrogen) atoms. The minimum Gasteiger partial charge on any atom is -0.870 e. The van der Waals surface area contributed by atoms with E-state index < -0.39 is 5.24 Å². The molecule has 2 rings (SSSR count). The van der Waals surface area contributed by atoms with Crippen molar-refractivity contribution < 1.29 is 44.2 Å². The number of hydrazine groups is 1. The van der Waals surface area contributed by atoms with Crippen LogP contribution >= 0.6 is 24.0 Å². The van der Waals surface area contributed by atoms with E-state index in [4.69, 9.17) is 17.4 Å². The predicted octanol–water partition coefficient (Wildman–Crippen LogP) is 1.15. The summed E-state index contributed by atoms with van der Waals surface area (Å²) in [5.74, 6) is 5.24. The van der Waals surface area contributed by atoms with Crippen molar-refractivity contribution in [2.24, 2.45) is 5.84 Å². The van der Waals surface area contributed by atoms with Crippen LogP contribution in [0.1, 0.15) is 36.9 Å². The van der Waals surface area contributed by atoms with E-state index in [9.17, 15) is 4.79 Å². The Morgan fingerprint density at radius 3 is 1.75 bits per heavy atom. The summed E-state index contributed by atoms with van der Waals surface area (Å²) in [6.07, 6.45) is 1.40. The topological polar surface area (TPSA) is 98.3 Å². The van der Waals surface area contributed by atoms with Crippen molar-refractivity contribution >= 4 is 29.3 Å². The SMILES string of the molecule is CC(C)(C)NN.Cc1ccccc1.Cl.O=C(Cl)c1ccco1.[Na+].[OH-]. The molecule has 0 aliphatic heterocycles. The Balaban J connectivity index is -0.000000119. The second kappa shape index (κ2) is 17.5. The van der Waals surface area contributed by atoms with Crippen LogP contribution in [0.4, 0.5) is 0 Å². The zero-order chi connectivity index (χ0) is 16.3. The van der Waals surface area contributed by atoms with Crippen LogP contribution in [0, 0.1) is 6.92 Å². The molecule has 0 saturated carbocycles. The molecule has 8 heteroatoms. The molecule has 5 nitrogen and oxygen atoms in total. The van der Waals surface area contributed by atoms with Gasteiger partial charge in [0.2, 0.25) is 0 Å². The molecule has 1 heterocycles. The minimum atomic E-state index is -0.560. The molecule has 0 amide bonds. The van der Waals surface area contributed by atoms with Crippen molar-refractivity contribution in [1.82, 2.24) is 5.43 Å². The van der Waals surface area contributed by atoms with Crippen molar-refractivity contribution in [3.63, 3.8) is 0 Å². The van der Waals surface area contributed by atoms with E-state index >= 15 is 0 Å². The fraction of sp³-hybridized carbons (Fsp3) is 0.312. The minimum absolute atomic E-state index is 0. The normalized spacial score (nSPS) is 8.58. The second-order valence-corrected chi connectivity index (χ2v) is 5.64. The fourth-order valence-electron chi connectivity index (χ4n) is 0.925. The molecule has 2 aromatic rings. The summed E-state index contributed by atoms with van der Waals surface area (Å²) in [5, 5.41) is -0.560. The van der Waals surface area contributed by atoms with Gasteiger partial charge in [-0.15, -0.1) is 12.4 Å². The number of hydrogen-bond acceptors (Lipinski definition) is 5. The van der Waals surface area contributed by atoms with E-state index in [-0.39, 0.29) is 58.7 Å². The molecule has 0 aliphatic carbocycles. The summed E-state index contributed by atoms with van der Waals surface area (Å²) in [6, 6.07) is 13.4.